The van der Waals surface area contributed by atoms with Crippen LogP contribution in [0, 0.1) is 17.3 Å². The maximum Gasteiger partial charge on any atom is 0.407 e. The number of aliphatic carboxylic acids is 1. The van der Waals surface area contributed by atoms with Gasteiger partial charge in [-0.25, -0.2) is 4.79 Å². The highest BCUT2D eigenvalue weighted by atomic mass is 16.5. The van der Waals surface area contributed by atoms with Gasteiger partial charge in [0, 0.05) is 24.4 Å². The summed E-state index contributed by atoms with van der Waals surface area (Å²) >= 11 is 0. The predicted octanol–water partition coefficient (Wildman–Crippen LogP) is 4.56. The van der Waals surface area contributed by atoms with Crippen LogP contribution in [0.2, 0.25) is 0 Å². The number of benzene rings is 2. The molecule has 186 valence electrons. The second kappa shape index (κ2) is 10.1. The Morgan fingerprint density at radius 3 is 2.20 bits per heavy atom. The van der Waals surface area contributed by atoms with Crippen molar-refractivity contribution in [3.05, 3.63) is 59.7 Å². The Kier molecular flexibility index (Phi) is 7.15. The van der Waals surface area contributed by atoms with Gasteiger partial charge in [-0.15, -0.1) is 0 Å². The zero-order valence-electron chi connectivity index (χ0n) is 20.5. The Balaban J connectivity index is 1.35. The largest absolute Gasteiger partial charge is 0.481 e. The number of carboxylic acid groups (broad SMARTS) is 1. The molecule has 1 fully saturated rings. The molecule has 2 aliphatic rings. The lowest BCUT2D eigenvalue weighted by atomic mass is 9.60. The Labute approximate surface area is 206 Å². The molecule has 0 radical (unpaired) electrons. The van der Waals surface area contributed by atoms with Crippen LogP contribution in [-0.2, 0) is 14.3 Å². The standard InChI is InChI=1S/C28H34N2O5/c1-17-24(13-12-23(28(17,2)3)26(33)29-15-14-25(31)32)30-27(34)35-16-22-20-10-6-4-8-18(20)19-9-5-7-11-21(19)22/h4-11,17,22-24H,12-16H2,1-3H3,(H,29,33)(H,30,34)(H,31,32). The van der Waals surface area contributed by atoms with Gasteiger partial charge in [0.05, 0.1) is 6.42 Å². The zero-order valence-corrected chi connectivity index (χ0v) is 20.5. The van der Waals surface area contributed by atoms with E-state index in [4.69, 9.17) is 9.84 Å². The molecular weight excluding hydrogens is 444 g/mol. The third-order valence-electron chi connectivity index (χ3n) is 8.04. The molecule has 3 unspecified atom stereocenters. The van der Waals surface area contributed by atoms with E-state index in [0.717, 1.165) is 0 Å². The number of carboxylic acids is 1. The van der Waals surface area contributed by atoms with Crippen LogP contribution in [0.15, 0.2) is 48.5 Å². The highest BCUT2D eigenvalue weighted by molar-refractivity contribution is 5.80. The van der Waals surface area contributed by atoms with E-state index in [-0.39, 0.29) is 54.7 Å². The van der Waals surface area contributed by atoms with Crippen LogP contribution >= 0.6 is 0 Å². The average Bonchev–Trinajstić information content (AvgIpc) is 3.14. The van der Waals surface area contributed by atoms with Gasteiger partial charge in [-0.3, -0.25) is 9.59 Å². The highest BCUT2D eigenvalue weighted by Crippen LogP contribution is 2.46. The van der Waals surface area contributed by atoms with Gasteiger partial charge in [-0.1, -0.05) is 69.3 Å². The molecule has 0 aliphatic heterocycles. The number of amides is 2. The van der Waals surface area contributed by atoms with Gasteiger partial charge in [0.2, 0.25) is 5.91 Å². The molecule has 2 aromatic rings. The first-order valence-electron chi connectivity index (χ1n) is 12.3. The van der Waals surface area contributed by atoms with E-state index in [0.29, 0.717) is 12.8 Å². The Hall–Kier alpha value is -3.35. The van der Waals surface area contributed by atoms with E-state index in [9.17, 15) is 14.4 Å². The highest BCUT2D eigenvalue weighted by Gasteiger charge is 2.46. The molecule has 7 nitrogen and oxygen atoms in total. The van der Waals surface area contributed by atoms with E-state index in [1.807, 2.05) is 45.0 Å². The molecule has 0 heterocycles. The van der Waals surface area contributed by atoms with E-state index in [2.05, 4.69) is 34.9 Å². The summed E-state index contributed by atoms with van der Waals surface area (Å²) < 4.78 is 5.72. The first-order chi connectivity index (χ1) is 16.7. The molecule has 3 atom stereocenters. The molecule has 3 N–H and O–H groups in total. The van der Waals surface area contributed by atoms with Crippen LogP contribution in [0.1, 0.15) is 57.1 Å². The molecule has 7 heteroatoms. The minimum absolute atomic E-state index is 0.00671. The molecule has 2 amide bonds. The average molecular weight is 479 g/mol. The summed E-state index contributed by atoms with van der Waals surface area (Å²) in [6.45, 7) is 6.50. The molecule has 35 heavy (non-hydrogen) atoms. The van der Waals surface area contributed by atoms with Crippen LogP contribution in [0.25, 0.3) is 11.1 Å². The van der Waals surface area contributed by atoms with Crippen LogP contribution in [0.5, 0.6) is 0 Å². The van der Waals surface area contributed by atoms with E-state index < -0.39 is 12.1 Å². The number of fused-ring (bicyclic) bond motifs is 3. The number of rotatable bonds is 7. The summed E-state index contributed by atoms with van der Waals surface area (Å²) in [5.41, 5.74) is 4.35. The van der Waals surface area contributed by atoms with Gasteiger partial charge in [-0.05, 0) is 46.4 Å². The summed E-state index contributed by atoms with van der Waals surface area (Å²) in [5.74, 6) is -1.26. The Morgan fingerprint density at radius 1 is 1.00 bits per heavy atom. The Bertz CT molecular complexity index is 1070. The smallest absolute Gasteiger partial charge is 0.407 e. The summed E-state index contributed by atoms with van der Waals surface area (Å²) in [4.78, 5) is 36.2. The molecule has 0 bridgehead atoms. The second-order valence-corrected chi connectivity index (χ2v) is 10.3. The third kappa shape index (κ3) is 5.04. The Morgan fingerprint density at radius 2 is 1.60 bits per heavy atom. The summed E-state index contributed by atoms with van der Waals surface area (Å²) in [5, 5.41) is 14.6. The first-order valence-corrected chi connectivity index (χ1v) is 12.3. The van der Waals surface area contributed by atoms with E-state index in [1.54, 1.807) is 0 Å². The second-order valence-electron chi connectivity index (χ2n) is 10.3. The molecule has 1 saturated carbocycles. The predicted molar refractivity (Wildman–Crippen MR) is 133 cm³/mol. The van der Waals surface area contributed by atoms with Crippen molar-refractivity contribution in [2.75, 3.05) is 13.2 Å². The van der Waals surface area contributed by atoms with Gasteiger partial charge in [0.25, 0.3) is 0 Å². The van der Waals surface area contributed by atoms with Gasteiger partial charge in [0.15, 0.2) is 0 Å². The monoisotopic (exact) mass is 478 g/mol. The fourth-order valence-electron chi connectivity index (χ4n) is 5.68. The number of carbonyl (C=O) groups is 3. The maximum absolute atomic E-state index is 12.8. The van der Waals surface area contributed by atoms with Crippen molar-refractivity contribution in [2.24, 2.45) is 17.3 Å². The fourth-order valence-corrected chi connectivity index (χ4v) is 5.68. The molecule has 0 aromatic heterocycles. The van der Waals surface area contributed by atoms with Crippen molar-refractivity contribution < 1.29 is 24.2 Å². The van der Waals surface area contributed by atoms with Crippen molar-refractivity contribution >= 4 is 18.0 Å². The molecule has 4 rings (SSSR count). The van der Waals surface area contributed by atoms with Crippen molar-refractivity contribution in [2.45, 2.75) is 52.0 Å². The first kappa shape index (κ1) is 24.8. The SMILES string of the molecule is CC1C(NC(=O)OCC2c3ccccc3-c3ccccc32)CCC(C(=O)NCCC(=O)O)C1(C)C. The van der Waals surface area contributed by atoms with Crippen molar-refractivity contribution in [1.29, 1.82) is 0 Å². The van der Waals surface area contributed by atoms with Crippen LogP contribution in [-0.4, -0.2) is 42.3 Å². The molecular formula is C28H34N2O5. The molecule has 0 saturated heterocycles. The topological polar surface area (TPSA) is 105 Å². The number of hydrogen-bond acceptors (Lipinski definition) is 4. The fraction of sp³-hybridized carbons (Fsp3) is 0.464. The number of carbonyl (C=O) groups excluding carboxylic acids is 2. The van der Waals surface area contributed by atoms with Gasteiger partial charge < -0.3 is 20.5 Å². The normalized spacial score (nSPS) is 22.5. The zero-order chi connectivity index (χ0) is 25.2. The van der Waals surface area contributed by atoms with Crippen molar-refractivity contribution in [3.63, 3.8) is 0 Å². The quantitative estimate of drug-likeness (QED) is 0.541. The third-order valence-corrected chi connectivity index (χ3v) is 8.04. The number of nitrogens with one attached hydrogen (secondary N) is 2. The van der Waals surface area contributed by atoms with Gasteiger partial charge in [-0.2, -0.15) is 0 Å². The number of ether oxygens (including phenoxy) is 1. The van der Waals surface area contributed by atoms with Gasteiger partial charge in [0.1, 0.15) is 6.61 Å². The minimum Gasteiger partial charge on any atom is -0.481 e. The summed E-state index contributed by atoms with van der Waals surface area (Å²) in [7, 11) is 0. The summed E-state index contributed by atoms with van der Waals surface area (Å²) in [6, 6.07) is 16.4. The van der Waals surface area contributed by atoms with Crippen molar-refractivity contribution in [3.8, 4) is 11.1 Å². The van der Waals surface area contributed by atoms with Crippen LogP contribution in [0.3, 0.4) is 0 Å². The van der Waals surface area contributed by atoms with E-state index >= 15 is 0 Å². The summed E-state index contributed by atoms with van der Waals surface area (Å²) in [6.07, 6.45) is 0.737. The number of alkyl carbamates (subject to hydrolysis) is 1. The van der Waals surface area contributed by atoms with Crippen LogP contribution in [0.4, 0.5) is 4.79 Å². The van der Waals surface area contributed by atoms with Gasteiger partial charge >= 0.3 is 12.1 Å². The van der Waals surface area contributed by atoms with E-state index in [1.165, 1.54) is 22.3 Å². The lowest BCUT2D eigenvalue weighted by molar-refractivity contribution is -0.137. The molecule has 2 aromatic carbocycles. The molecule has 0 spiro atoms. The lowest BCUT2D eigenvalue weighted by Crippen LogP contribution is -2.54. The maximum atomic E-state index is 12.8. The lowest BCUT2D eigenvalue weighted by Gasteiger charge is -2.47. The minimum atomic E-state index is -0.936. The number of hydrogen-bond donors (Lipinski definition) is 3. The van der Waals surface area contributed by atoms with Crippen LogP contribution < -0.4 is 10.6 Å². The molecule has 2 aliphatic carbocycles. The van der Waals surface area contributed by atoms with Crippen molar-refractivity contribution in [1.82, 2.24) is 10.6 Å².